The molecular formula is C25H47N2OP. The Kier molecular flexibility index (Phi) is 15.8. The summed E-state index contributed by atoms with van der Waals surface area (Å²) in [6.45, 7) is 9.25. The van der Waals surface area contributed by atoms with Gasteiger partial charge in [0.25, 0.3) is 0 Å². The van der Waals surface area contributed by atoms with Gasteiger partial charge in [-0.1, -0.05) is 50.6 Å². The summed E-state index contributed by atoms with van der Waals surface area (Å²) in [5, 5.41) is 12.6. The van der Waals surface area contributed by atoms with Crippen LogP contribution in [0.3, 0.4) is 0 Å². The molecule has 1 aliphatic rings. The SMILES string of the molecule is CCCN(C)CC=CCNCCCCC(C)C(C=CCC1CC1CCO)=CCP. The topological polar surface area (TPSA) is 35.5 Å². The van der Waals surface area contributed by atoms with E-state index in [2.05, 4.69) is 70.7 Å². The van der Waals surface area contributed by atoms with E-state index in [9.17, 15) is 0 Å². The number of nitrogens with zero attached hydrogens (tertiary/aromatic N) is 1. The van der Waals surface area contributed by atoms with Crippen molar-refractivity contribution in [1.29, 1.82) is 0 Å². The van der Waals surface area contributed by atoms with Gasteiger partial charge in [0.1, 0.15) is 0 Å². The largest absolute Gasteiger partial charge is 0.396 e. The lowest BCUT2D eigenvalue weighted by Crippen LogP contribution is -2.19. The molecule has 0 amide bonds. The van der Waals surface area contributed by atoms with Gasteiger partial charge >= 0.3 is 0 Å². The first kappa shape index (κ1) is 26.6. The molecule has 4 atom stereocenters. The molecule has 4 heteroatoms. The summed E-state index contributed by atoms with van der Waals surface area (Å²) in [6.07, 6.45) is 21.1. The third-order valence-electron chi connectivity index (χ3n) is 5.93. The van der Waals surface area contributed by atoms with Crippen molar-refractivity contribution in [3.05, 3.63) is 36.0 Å². The number of hydrogen-bond acceptors (Lipinski definition) is 3. The van der Waals surface area contributed by atoms with Crippen molar-refractivity contribution >= 4 is 9.24 Å². The maximum absolute atomic E-state index is 9.02. The summed E-state index contributed by atoms with van der Waals surface area (Å²) >= 11 is 0. The predicted molar refractivity (Wildman–Crippen MR) is 133 cm³/mol. The average Bonchev–Trinajstić information content (AvgIpc) is 3.44. The van der Waals surface area contributed by atoms with Crippen molar-refractivity contribution in [2.45, 2.75) is 58.8 Å². The molecule has 0 radical (unpaired) electrons. The van der Waals surface area contributed by atoms with Crippen molar-refractivity contribution in [3.8, 4) is 0 Å². The smallest absolute Gasteiger partial charge is 0.0433 e. The van der Waals surface area contributed by atoms with Crippen LogP contribution < -0.4 is 5.32 Å². The van der Waals surface area contributed by atoms with E-state index in [1.807, 2.05) is 0 Å². The van der Waals surface area contributed by atoms with Crippen LogP contribution in [-0.2, 0) is 0 Å². The monoisotopic (exact) mass is 422 g/mol. The van der Waals surface area contributed by atoms with Gasteiger partial charge in [-0.2, -0.15) is 0 Å². The van der Waals surface area contributed by atoms with E-state index >= 15 is 0 Å². The first-order valence-corrected chi connectivity index (χ1v) is 12.7. The molecular weight excluding hydrogens is 375 g/mol. The lowest BCUT2D eigenvalue weighted by molar-refractivity contribution is 0.277. The van der Waals surface area contributed by atoms with Crippen LogP contribution in [0.1, 0.15) is 58.8 Å². The number of aliphatic hydroxyl groups excluding tert-OH is 1. The molecule has 0 aromatic heterocycles. The zero-order chi connectivity index (χ0) is 21.3. The fourth-order valence-electron chi connectivity index (χ4n) is 3.93. The Bertz CT molecular complexity index is 489. The van der Waals surface area contributed by atoms with Gasteiger partial charge < -0.3 is 15.3 Å². The van der Waals surface area contributed by atoms with Gasteiger partial charge in [0.15, 0.2) is 0 Å². The second-order valence-corrected chi connectivity index (χ2v) is 9.15. The molecule has 168 valence electrons. The summed E-state index contributed by atoms with van der Waals surface area (Å²) in [5.41, 5.74) is 1.49. The maximum Gasteiger partial charge on any atom is 0.0433 e. The van der Waals surface area contributed by atoms with Gasteiger partial charge in [0, 0.05) is 19.7 Å². The average molecular weight is 423 g/mol. The Labute approximate surface area is 183 Å². The number of allylic oxidation sites excluding steroid dienone is 4. The highest BCUT2D eigenvalue weighted by Gasteiger charge is 2.34. The number of likely N-dealkylation sites (N-methyl/N-ethyl adjacent to an activating group) is 1. The van der Waals surface area contributed by atoms with Crippen LogP contribution in [-0.4, -0.2) is 56.0 Å². The molecule has 0 bridgehead atoms. The van der Waals surface area contributed by atoms with Crippen LogP contribution in [0.15, 0.2) is 36.0 Å². The Balaban J connectivity index is 2.12. The lowest BCUT2D eigenvalue weighted by Gasteiger charge is -2.13. The standard InChI is InChI=1S/C25H47N2OP/c1-4-17-27(3)18-8-7-16-26-15-6-5-10-22(2)23(14-20-29)11-9-12-24-21-25(24)13-19-28/h7-9,11,14,22,24-26,28H,4-6,10,12-13,15-21,29H2,1-3H3. The highest BCUT2D eigenvalue weighted by molar-refractivity contribution is 7.16. The number of nitrogens with one attached hydrogen (secondary N) is 1. The van der Waals surface area contributed by atoms with Crippen LogP contribution in [0, 0.1) is 17.8 Å². The number of hydrogen-bond donors (Lipinski definition) is 2. The maximum atomic E-state index is 9.02. The molecule has 0 aromatic carbocycles. The van der Waals surface area contributed by atoms with Crippen LogP contribution in [0.5, 0.6) is 0 Å². The van der Waals surface area contributed by atoms with E-state index in [0.29, 0.717) is 12.5 Å². The minimum atomic E-state index is 0.349. The minimum absolute atomic E-state index is 0.349. The van der Waals surface area contributed by atoms with E-state index in [0.717, 1.165) is 44.1 Å². The Morgan fingerprint density at radius 1 is 1.24 bits per heavy atom. The summed E-state index contributed by atoms with van der Waals surface area (Å²) in [7, 11) is 5.00. The second-order valence-electron chi connectivity index (χ2n) is 8.68. The van der Waals surface area contributed by atoms with Crippen molar-refractivity contribution in [2.24, 2.45) is 17.8 Å². The van der Waals surface area contributed by atoms with Gasteiger partial charge in [-0.25, -0.2) is 0 Å². The summed E-state index contributed by atoms with van der Waals surface area (Å²) in [6, 6.07) is 0. The van der Waals surface area contributed by atoms with Crippen LogP contribution in [0.4, 0.5) is 0 Å². The van der Waals surface area contributed by atoms with E-state index in [-0.39, 0.29) is 0 Å². The number of aliphatic hydroxyl groups is 1. The highest BCUT2D eigenvalue weighted by atomic mass is 31.0. The molecule has 2 N–H and O–H groups in total. The predicted octanol–water partition coefficient (Wildman–Crippen LogP) is 5.05. The quantitative estimate of drug-likeness (QED) is 0.140. The molecule has 1 saturated carbocycles. The fourth-order valence-corrected chi connectivity index (χ4v) is 4.20. The summed E-state index contributed by atoms with van der Waals surface area (Å²) in [5.74, 6) is 2.22. The van der Waals surface area contributed by atoms with Crippen molar-refractivity contribution in [1.82, 2.24) is 10.2 Å². The van der Waals surface area contributed by atoms with E-state index in [4.69, 9.17) is 5.11 Å². The summed E-state index contributed by atoms with van der Waals surface area (Å²) < 4.78 is 0. The first-order chi connectivity index (χ1) is 14.1. The molecule has 1 rings (SSSR count). The molecule has 0 aromatic rings. The van der Waals surface area contributed by atoms with Crippen LogP contribution >= 0.6 is 9.24 Å². The second kappa shape index (κ2) is 17.2. The van der Waals surface area contributed by atoms with E-state index < -0.39 is 0 Å². The third kappa shape index (κ3) is 13.4. The van der Waals surface area contributed by atoms with E-state index in [1.165, 1.54) is 50.6 Å². The molecule has 4 unspecified atom stereocenters. The molecule has 1 fully saturated rings. The van der Waals surface area contributed by atoms with E-state index in [1.54, 1.807) is 0 Å². The molecule has 29 heavy (non-hydrogen) atoms. The van der Waals surface area contributed by atoms with Gasteiger partial charge in [0.05, 0.1) is 0 Å². The zero-order valence-corrected chi connectivity index (χ0v) is 20.4. The Morgan fingerprint density at radius 3 is 2.79 bits per heavy atom. The van der Waals surface area contributed by atoms with Gasteiger partial charge in [-0.3, -0.25) is 0 Å². The van der Waals surface area contributed by atoms with Gasteiger partial charge in [0.2, 0.25) is 0 Å². The van der Waals surface area contributed by atoms with Crippen molar-refractivity contribution in [2.75, 3.05) is 46.0 Å². The van der Waals surface area contributed by atoms with Crippen molar-refractivity contribution < 1.29 is 5.11 Å². The lowest BCUT2D eigenvalue weighted by atomic mass is 9.94. The first-order valence-electron chi connectivity index (χ1n) is 11.8. The van der Waals surface area contributed by atoms with Gasteiger partial charge in [-0.15, -0.1) is 9.24 Å². The Morgan fingerprint density at radius 2 is 2.07 bits per heavy atom. The Hall–Kier alpha value is -0.470. The molecule has 1 aliphatic carbocycles. The highest BCUT2D eigenvalue weighted by Crippen LogP contribution is 2.43. The van der Waals surface area contributed by atoms with Crippen LogP contribution in [0.2, 0.25) is 0 Å². The van der Waals surface area contributed by atoms with Crippen molar-refractivity contribution in [3.63, 3.8) is 0 Å². The molecule has 0 spiro atoms. The normalized spacial score (nSPS) is 21.0. The molecule has 0 saturated heterocycles. The number of rotatable bonds is 18. The molecule has 0 aliphatic heterocycles. The number of unbranched alkanes of at least 4 members (excludes halogenated alkanes) is 1. The summed E-state index contributed by atoms with van der Waals surface area (Å²) in [4.78, 5) is 2.35. The van der Waals surface area contributed by atoms with Gasteiger partial charge in [-0.05, 0) is 88.2 Å². The fraction of sp³-hybridized carbons (Fsp3) is 0.760. The van der Waals surface area contributed by atoms with Crippen LogP contribution in [0.25, 0.3) is 0 Å². The molecule has 0 heterocycles. The zero-order valence-electron chi connectivity index (χ0n) is 19.3. The minimum Gasteiger partial charge on any atom is -0.396 e. The third-order valence-corrected chi connectivity index (χ3v) is 6.17. The molecule has 3 nitrogen and oxygen atoms in total.